The quantitative estimate of drug-likeness (QED) is 0.249. The molecule has 0 aliphatic rings. The number of hydrogen-bond donors (Lipinski definition) is 2. The number of amides is 2. The molecule has 0 aliphatic carbocycles. The molecule has 0 bridgehead atoms. The van der Waals surface area contributed by atoms with E-state index in [4.69, 9.17) is 0 Å². The predicted octanol–water partition coefficient (Wildman–Crippen LogP) is 4.54. The van der Waals surface area contributed by atoms with Crippen LogP contribution in [0.4, 0.5) is 37.7 Å². The number of imidazole rings is 2. The highest BCUT2D eigenvalue weighted by Gasteiger charge is 2.72. The molecule has 0 aliphatic heterocycles. The molecular formula is C29H30F6N6O2+2. The number of carbonyl (C=O) groups excluding carboxylic acids is 2. The number of nitrogens with zero attached hydrogens (tertiary/aromatic N) is 4. The predicted molar refractivity (Wildman–Crippen MR) is 144 cm³/mol. The van der Waals surface area contributed by atoms with Crippen LogP contribution in [-0.4, -0.2) is 33.3 Å². The number of halogens is 6. The van der Waals surface area contributed by atoms with Gasteiger partial charge in [0.1, 0.15) is 24.8 Å². The molecule has 0 unspecified atom stereocenters. The summed E-state index contributed by atoms with van der Waals surface area (Å²) < 4.78 is 95.7. The Morgan fingerprint density at radius 1 is 0.674 bits per heavy atom. The Morgan fingerprint density at radius 2 is 1.02 bits per heavy atom. The van der Waals surface area contributed by atoms with Crippen molar-refractivity contribution in [1.82, 2.24) is 9.13 Å². The van der Waals surface area contributed by atoms with E-state index >= 15 is 0 Å². The highest BCUT2D eigenvalue weighted by molar-refractivity contribution is 6.02. The molecular weight excluding hydrogens is 578 g/mol. The van der Waals surface area contributed by atoms with Crippen LogP contribution in [0, 0.1) is 13.8 Å². The van der Waals surface area contributed by atoms with Gasteiger partial charge in [0.25, 0.3) is 0 Å². The Bertz CT molecular complexity index is 1550. The highest BCUT2D eigenvalue weighted by atomic mass is 19.4. The van der Waals surface area contributed by atoms with Crippen molar-refractivity contribution in [3.05, 3.63) is 95.1 Å². The maximum absolute atomic E-state index is 15.0. The lowest BCUT2D eigenvalue weighted by Crippen LogP contribution is -2.54. The molecule has 0 radical (unpaired) electrons. The Labute approximate surface area is 243 Å². The zero-order valence-corrected chi connectivity index (χ0v) is 24.1. The van der Waals surface area contributed by atoms with Gasteiger partial charge in [-0.3, -0.25) is 9.59 Å². The third kappa shape index (κ3) is 5.37. The summed E-state index contributed by atoms with van der Waals surface area (Å²) in [5, 5.41) is 4.91. The average Bonchev–Trinajstić information content (AvgIpc) is 3.40. The fraction of sp³-hybridized carbons (Fsp3) is 0.310. The van der Waals surface area contributed by atoms with E-state index in [9.17, 15) is 35.9 Å². The zero-order chi connectivity index (χ0) is 32.1. The van der Waals surface area contributed by atoms with Crippen molar-refractivity contribution in [2.75, 3.05) is 10.6 Å². The minimum absolute atomic E-state index is 0.119. The van der Waals surface area contributed by atoms with Crippen LogP contribution in [0.15, 0.2) is 61.2 Å². The molecule has 4 rings (SSSR count). The molecule has 2 amide bonds. The number of hydrogen-bond acceptors (Lipinski definition) is 2. The number of nitrogens with one attached hydrogen (secondary N) is 2. The topological polar surface area (TPSA) is 75.8 Å². The molecule has 43 heavy (non-hydrogen) atoms. The Balaban J connectivity index is 1.88. The van der Waals surface area contributed by atoms with Gasteiger partial charge in [0.05, 0.1) is 28.2 Å². The second-order valence-corrected chi connectivity index (χ2v) is 10.4. The summed E-state index contributed by atoms with van der Waals surface area (Å²) in [4.78, 5) is 26.0. The summed E-state index contributed by atoms with van der Waals surface area (Å²) in [5.41, 5.74) is -6.76. The molecule has 0 saturated carbocycles. The Morgan fingerprint density at radius 3 is 1.30 bits per heavy atom. The lowest BCUT2D eigenvalue weighted by Gasteiger charge is -2.39. The van der Waals surface area contributed by atoms with E-state index in [-0.39, 0.29) is 34.2 Å². The summed E-state index contributed by atoms with van der Waals surface area (Å²) in [6, 6.07) is 5.06. The van der Waals surface area contributed by atoms with Gasteiger partial charge < -0.3 is 10.6 Å². The van der Waals surface area contributed by atoms with Crippen LogP contribution >= 0.6 is 0 Å². The number of aryl methyl sites for hydroxylation is 6. The van der Waals surface area contributed by atoms with E-state index in [0.29, 0.717) is 12.1 Å². The van der Waals surface area contributed by atoms with Gasteiger partial charge in [0.2, 0.25) is 5.41 Å². The molecule has 0 saturated heterocycles. The number of aromatic nitrogens is 4. The summed E-state index contributed by atoms with van der Waals surface area (Å²) in [7, 11) is 6.29. The van der Waals surface area contributed by atoms with Gasteiger partial charge in [-0.25, -0.2) is 18.3 Å². The van der Waals surface area contributed by atoms with Gasteiger partial charge in [-0.1, -0.05) is 24.3 Å². The van der Waals surface area contributed by atoms with Crippen molar-refractivity contribution in [2.45, 2.75) is 31.6 Å². The molecule has 2 heterocycles. The third-order valence-corrected chi connectivity index (χ3v) is 7.46. The van der Waals surface area contributed by atoms with Crippen LogP contribution in [0.3, 0.4) is 0 Å². The van der Waals surface area contributed by atoms with Crippen LogP contribution in [0.25, 0.3) is 0 Å². The van der Waals surface area contributed by atoms with Crippen molar-refractivity contribution < 1.29 is 45.1 Å². The van der Waals surface area contributed by atoms with Crippen LogP contribution in [0.2, 0.25) is 0 Å². The SMILES string of the molecule is Cc1ccc(C(c2ccc(C)c(NC(=O)c3n(C)cc[n+]3C)c2)(C(F)(F)F)C(F)(F)F)cc1NC(=O)c1n(C)cc[n+]1C. The van der Waals surface area contributed by atoms with E-state index < -0.39 is 40.7 Å². The Kier molecular flexibility index (Phi) is 7.94. The van der Waals surface area contributed by atoms with E-state index in [1.54, 1.807) is 53.0 Å². The van der Waals surface area contributed by atoms with Crippen molar-refractivity contribution >= 4 is 23.2 Å². The summed E-state index contributed by atoms with van der Waals surface area (Å²) >= 11 is 0. The fourth-order valence-electron chi connectivity index (χ4n) is 5.14. The minimum Gasteiger partial charge on any atom is -0.315 e. The molecule has 0 atom stereocenters. The van der Waals surface area contributed by atoms with Gasteiger partial charge in [-0.05, 0) is 48.2 Å². The van der Waals surface area contributed by atoms with Crippen molar-refractivity contribution in [3.8, 4) is 0 Å². The Hall–Kier alpha value is -4.62. The highest BCUT2D eigenvalue weighted by Crippen LogP contribution is 2.57. The first-order valence-corrected chi connectivity index (χ1v) is 12.9. The van der Waals surface area contributed by atoms with Crippen LogP contribution in [-0.2, 0) is 33.6 Å². The number of benzene rings is 2. The number of carbonyl (C=O) groups is 2. The lowest BCUT2D eigenvalue weighted by molar-refractivity contribution is -0.672. The lowest BCUT2D eigenvalue weighted by atomic mass is 9.72. The van der Waals surface area contributed by atoms with Gasteiger partial charge in [-0.15, -0.1) is 0 Å². The first-order chi connectivity index (χ1) is 19.9. The van der Waals surface area contributed by atoms with Crippen molar-refractivity contribution in [2.24, 2.45) is 28.2 Å². The zero-order valence-electron chi connectivity index (χ0n) is 24.1. The van der Waals surface area contributed by atoms with E-state index in [1.165, 1.54) is 32.1 Å². The molecule has 14 heteroatoms. The summed E-state index contributed by atoms with van der Waals surface area (Å²) in [6.45, 7) is 2.91. The molecule has 0 spiro atoms. The molecule has 2 aromatic heterocycles. The fourth-order valence-corrected chi connectivity index (χ4v) is 5.14. The third-order valence-electron chi connectivity index (χ3n) is 7.46. The van der Waals surface area contributed by atoms with Gasteiger partial charge >= 0.3 is 35.8 Å². The molecule has 0 fully saturated rings. The first-order valence-electron chi connectivity index (χ1n) is 12.9. The normalized spacial score (nSPS) is 12.4. The largest absolute Gasteiger partial charge is 0.411 e. The van der Waals surface area contributed by atoms with Crippen LogP contribution in [0.5, 0.6) is 0 Å². The second kappa shape index (κ2) is 10.9. The minimum atomic E-state index is -5.88. The molecule has 228 valence electrons. The first kappa shape index (κ1) is 31.3. The molecule has 2 N–H and O–H groups in total. The van der Waals surface area contributed by atoms with Gasteiger partial charge in [0, 0.05) is 11.4 Å². The van der Waals surface area contributed by atoms with Crippen LogP contribution in [0.1, 0.15) is 43.5 Å². The smallest absolute Gasteiger partial charge is 0.315 e. The average molecular weight is 609 g/mol. The molecule has 2 aromatic carbocycles. The maximum Gasteiger partial charge on any atom is 0.411 e. The number of anilines is 2. The van der Waals surface area contributed by atoms with E-state index in [2.05, 4.69) is 10.6 Å². The van der Waals surface area contributed by atoms with Crippen LogP contribution < -0.4 is 19.8 Å². The standard InChI is InChI=1S/C29H28F6N6O2/c1-17-7-9-19(15-21(17)36-23(42)25-38(3)11-12-39(25)4)27(28(30,31)32,29(33,34)35)20-10-8-18(2)22(16-20)37-24(43)26-40(5)13-14-41(26)6/h7-16H,1-6H3/p+2. The van der Waals surface area contributed by atoms with E-state index in [0.717, 1.165) is 24.3 Å². The van der Waals surface area contributed by atoms with Crippen molar-refractivity contribution in [1.29, 1.82) is 0 Å². The second-order valence-electron chi connectivity index (χ2n) is 10.4. The number of rotatable bonds is 6. The molecule has 8 nitrogen and oxygen atoms in total. The molecule has 4 aromatic rings. The maximum atomic E-state index is 15.0. The summed E-state index contributed by atoms with van der Waals surface area (Å²) in [6.07, 6.45) is -5.48. The summed E-state index contributed by atoms with van der Waals surface area (Å²) in [5.74, 6) is -1.22. The van der Waals surface area contributed by atoms with Gasteiger partial charge in [0.15, 0.2) is 0 Å². The monoisotopic (exact) mass is 608 g/mol. The van der Waals surface area contributed by atoms with Crippen molar-refractivity contribution in [3.63, 3.8) is 0 Å². The van der Waals surface area contributed by atoms with Gasteiger partial charge in [-0.2, -0.15) is 26.3 Å². The van der Waals surface area contributed by atoms with E-state index in [1.807, 2.05) is 0 Å². The number of alkyl halides is 6.